The number of hydrogen-bond acceptors (Lipinski definition) is 5. The second-order valence-electron chi connectivity index (χ2n) is 6.77. The average molecular weight is 416 g/mol. The molecule has 1 N–H and O–H groups in total. The molecule has 150 valence electrons. The highest BCUT2D eigenvalue weighted by Gasteiger charge is 2.20. The summed E-state index contributed by atoms with van der Waals surface area (Å²) in [6.45, 7) is 1.86. The zero-order chi connectivity index (χ0) is 20.9. The van der Waals surface area contributed by atoms with Gasteiger partial charge in [-0.15, -0.1) is 10.2 Å². The molecule has 4 aromatic rings. The maximum atomic E-state index is 12.9. The van der Waals surface area contributed by atoms with E-state index < -0.39 is 0 Å². The van der Waals surface area contributed by atoms with Crippen LogP contribution in [0.4, 0.5) is 5.69 Å². The van der Waals surface area contributed by atoms with E-state index in [9.17, 15) is 4.79 Å². The van der Waals surface area contributed by atoms with Crippen LogP contribution in [0.5, 0.6) is 0 Å². The first-order chi connectivity index (χ1) is 14.6. The molecule has 1 amide bonds. The van der Waals surface area contributed by atoms with E-state index in [1.807, 2.05) is 85.3 Å². The molecule has 2 aromatic carbocycles. The number of pyridine rings is 1. The second kappa shape index (κ2) is 8.92. The lowest BCUT2D eigenvalue weighted by atomic mass is 10.0. The molecule has 2 heterocycles. The van der Waals surface area contributed by atoms with Gasteiger partial charge in [-0.1, -0.05) is 60.3 Å². The minimum atomic E-state index is -0.349. The van der Waals surface area contributed by atoms with Gasteiger partial charge < -0.3 is 9.88 Å². The normalized spacial score (nSPS) is 11.8. The molecule has 0 aliphatic carbocycles. The maximum Gasteiger partial charge on any atom is 0.237 e. The van der Waals surface area contributed by atoms with Crippen molar-refractivity contribution >= 4 is 23.4 Å². The third kappa shape index (κ3) is 4.26. The molecule has 0 saturated carbocycles. The molecule has 0 bridgehead atoms. The van der Waals surface area contributed by atoms with Crippen LogP contribution in [0, 0.1) is 0 Å². The first-order valence-electron chi connectivity index (χ1n) is 9.55. The zero-order valence-corrected chi connectivity index (χ0v) is 17.5. The van der Waals surface area contributed by atoms with E-state index in [4.69, 9.17) is 0 Å². The van der Waals surface area contributed by atoms with Crippen LogP contribution in [0.2, 0.25) is 0 Å². The molecule has 0 aliphatic rings. The van der Waals surface area contributed by atoms with Crippen LogP contribution >= 0.6 is 11.8 Å². The summed E-state index contributed by atoms with van der Waals surface area (Å²) in [5.41, 5.74) is 3.72. The summed E-state index contributed by atoms with van der Waals surface area (Å²) < 4.78 is 1.88. The summed E-state index contributed by atoms with van der Waals surface area (Å²) in [6, 6.07) is 21.6. The summed E-state index contributed by atoms with van der Waals surface area (Å²) in [7, 11) is 1.89. The van der Waals surface area contributed by atoms with Crippen LogP contribution < -0.4 is 5.32 Å². The number of carbonyl (C=O) groups is 1. The van der Waals surface area contributed by atoms with Crippen LogP contribution in [-0.4, -0.2) is 30.9 Å². The molecule has 7 heteroatoms. The molecule has 2 aromatic heterocycles. The molecule has 0 aliphatic heterocycles. The number of aromatic nitrogens is 4. The number of thioether (sulfide) groups is 1. The van der Waals surface area contributed by atoms with Crippen molar-refractivity contribution in [3.63, 3.8) is 0 Å². The minimum Gasteiger partial charge on any atom is -0.325 e. The lowest BCUT2D eigenvalue weighted by Crippen LogP contribution is -2.23. The molecule has 0 radical (unpaired) electrons. The highest BCUT2D eigenvalue weighted by Crippen LogP contribution is 2.30. The predicted molar refractivity (Wildman–Crippen MR) is 120 cm³/mol. The Morgan fingerprint density at radius 3 is 2.47 bits per heavy atom. The number of benzene rings is 2. The molecule has 6 nitrogen and oxygen atoms in total. The van der Waals surface area contributed by atoms with E-state index in [2.05, 4.69) is 20.5 Å². The molecule has 30 heavy (non-hydrogen) atoms. The Labute approximate surface area is 179 Å². The zero-order valence-electron chi connectivity index (χ0n) is 16.7. The van der Waals surface area contributed by atoms with Gasteiger partial charge in [0.25, 0.3) is 0 Å². The smallest absolute Gasteiger partial charge is 0.237 e. The number of para-hydroxylation sites is 1. The summed E-state index contributed by atoms with van der Waals surface area (Å²) in [5.74, 6) is 0.627. The SMILES string of the molecule is C[C@H](Sc1nnc(-c2cccnc2)n1C)C(=O)Nc1ccccc1-c1ccccc1. The summed E-state index contributed by atoms with van der Waals surface area (Å²) in [4.78, 5) is 17.0. The lowest BCUT2D eigenvalue weighted by Gasteiger charge is -2.14. The van der Waals surface area contributed by atoms with Crippen molar-refractivity contribution in [2.24, 2.45) is 7.05 Å². The van der Waals surface area contributed by atoms with E-state index in [0.717, 1.165) is 22.4 Å². The lowest BCUT2D eigenvalue weighted by molar-refractivity contribution is -0.115. The van der Waals surface area contributed by atoms with Gasteiger partial charge in [-0.25, -0.2) is 0 Å². The van der Waals surface area contributed by atoms with E-state index in [-0.39, 0.29) is 11.2 Å². The third-order valence-electron chi connectivity index (χ3n) is 4.68. The quantitative estimate of drug-likeness (QED) is 0.464. The van der Waals surface area contributed by atoms with Gasteiger partial charge in [0.15, 0.2) is 11.0 Å². The number of carbonyl (C=O) groups excluding carboxylic acids is 1. The number of anilines is 1. The molecule has 0 saturated heterocycles. The second-order valence-corrected chi connectivity index (χ2v) is 8.08. The monoisotopic (exact) mass is 415 g/mol. The van der Waals surface area contributed by atoms with Gasteiger partial charge >= 0.3 is 0 Å². The van der Waals surface area contributed by atoms with Crippen LogP contribution in [0.3, 0.4) is 0 Å². The largest absolute Gasteiger partial charge is 0.325 e. The number of nitrogens with zero attached hydrogens (tertiary/aromatic N) is 4. The van der Waals surface area contributed by atoms with Crippen molar-refractivity contribution in [3.8, 4) is 22.5 Å². The Hall–Kier alpha value is -3.45. The topological polar surface area (TPSA) is 72.7 Å². The Morgan fingerprint density at radius 1 is 0.967 bits per heavy atom. The number of amides is 1. The fourth-order valence-electron chi connectivity index (χ4n) is 3.07. The number of nitrogens with one attached hydrogen (secondary N) is 1. The fourth-order valence-corrected chi connectivity index (χ4v) is 3.89. The van der Waals surface area contributed by atoms with E-state index in [1.54, 1.807) is 12.4 Å². The highest BCUT2D eigenvalue weighted by molar-refractivity contribution is 8.00. The van der Waals surface area contributed by atoms with Crippen molar-refractivity contribution in [1.29, 1.82) is 0 Å². The Balaban J connectivity index is 1.49. The molecule has 1 atom stereocenters. The molecule has 0 spiro atoms. The van der Waals surface area contributed by atoms with Gasteiger partial charge in [-0.05, 0) is 30.7 Å². The molecule has 4 rings (SSSR count). The van der Waals surface area contributed by atoms with Gasteiger partial charge in [0, 0.05) is 36.3 Å². The van der Waals surface area contributed by atoms with Crippen molar-refractivity contribution < 1.29 is 4.79 Å². The van der Waals surface area contributed by atoms with Crippen LogP contribution in [0.15, 0.2) is 84.3 Å². The standard InChI is InChI=1S/C23H21N5OS/c1-16(30-23-27-26-21(28(23)2)18-11-8-14-24-15-18)22(29)25-20-13-7-6-12-19(20)17-9-4-3-5-10-17/h3-16H,1-2H3,(H,25,29)/t16-/m0/s1. The maximum absolute atomic E-state index is 12.9. The predicted octanol–water partition coefficient (Wildman–Crippen LogP) is 4.66. The fraction of sp³-hybridized carbons (Fsp3) is 0.130. The van der Waals surface area contributed by atoms with Crippen molar-refractivity contribution in [3.05, 3.63) is 79.1 Å². The molecular weight excluding hydrogens is 394 g/mol. The number of rotatable bonds is 6. The van der Waals surface area contributed by atoms with Gasteiger partial charge in [0.1, 0.15) is 0 Å². The van der Waals surface area contributed by atoms with Crippen molar-refractivity contribution in [2.75, 3.05) is 5.32 Å². The highest BCUT2D eigenvalue weighted by atomic mass is 32.2. The van der Waals surface area contributed by atoms with Gasteiger partial charge in [0.05, 0.1) is 5.25 Å². The summed E-state index contributed by atoms with van der Waals surface area (Å²) in [5, 5.41) is 11.9. The minimum absolute atomic E-state index is 0.0886. The Morgan fingerprint density at radius 2 is 1.70 bits per heavy atom. The number of hydrogen-bond donors (Lipinski definition) is 1. The van der Waals surface area contributed by atoms with Gasteiger partial charge in [-0.3, -0.25) is 9.78 Å². The third-order valence-corrected chi connectivity index (χ3v) is 5.81. The van der Waals surface area contributed by atoms with Crippen molar-refractivity contribution in [2.45, 2.75) is 17.3 Å². The Bertz CT molecular complexity index is 1140. The summed E-state index contributed by atoms with van der Waals surface area (Å²) >= 11 is 1.37. The van der Waals surface area contributed by atoms with Crippen molar-refractivity contribution in [1.82, 2.24) is 19.7 Å². The van der Waals surface area contributed by atoms with E-state index >= 15 is 0 Å². The van der Waals surface area contributed by atoms with Gasteiger partial charge in [-0.2, -0.15) is 0 Å². The summed E-state index contributed by atoms with van der Waals surface area (Å²) in [6.07, 6.45) is 3.46. The van der Waals surface area contributed by atoms with E-state index in [0.29, 0.717) is 11.0 Å². The molecule has 0 unspecified atom stereocenters. The first kappa shape index (κ1) is 19.8. The first-order valence-corrected chi connectivity index (χ1v) is 10.4. The van der Waals surface area contributed by atoms with Gasteiger partial charge in [0.2, 0.25) is 5.91 Å². The average Bonchev–Trinajstić information content (AvgIpc) is 3.15. The van der Waals surface area contributed by atoms with Crippen LogP contribution in [-0.2, 0) is 11.8 Å². The Kier molecular flexibility index (Phi) is 5.90. The van der Waals surface area contributed by atoms with E-state index in [1.165, 1.54) is 11.8 Å². The molecular formula is C23H21N5OS. The van der Waals surface area contributed by atoms with Crippen LogP contribution in [0.25, 0.3) is 22.5 Å². The molecule has 0 fully saturated rings. The van der Waals surface area contributed by atoms with Crippen LogP contribution in [0.1, 0.15) is 6.92 Å².